The van der Waals surface area contributed by atoms with Gasteiger partial charge in [0.1, 0.15) is 0 Å². The van der Waals surface area contributed by atoms with Crippen molar-refractivity contribution >= 4 is 45.1 Å². The second-order valence-electron chi connectivity index (χ2n) is 3.31. The highest BCUT2D eigenvalue weighted by atomic mass is 127. The lowest BCUT2D eigenvalue weighted by Gasteiger charge is -2.06. The van der Waals surface area contributed by atoms with Crippen LogP contribution >= 0.6 is 22.6 Å². The maximum Gasteiger partial charge on any atom is 0.221 e. The number of nitrogens with one attached hydrogen (secondary N) is 1. The average molecular weight is 315 g/mol. The van der Waals surface area contributed by atoms with Gasteiger partial charge >= 0.3 is 0 Å². The third-order valence-electron chi connectivity index (χ3n) is 2.16. The molecular formula is C10H10IN3O. The van der Waals surface area contributed by atoms with Crippen LogP contribution in [0.1, 0.15) is 6.92 Å². The molecule has 0 radical (unpaired) electrons. The molecule has 1 heterocycles. The van der Waals surface area contributed by atoms with Gasteiger partial charge in [-0.2, -0.15) is 5.10 Å². The van der Waals surface area contributed by atoms with Gasteiger partial charge in [0.2, 0.25) is 5.91 Å². The summed E-state index contributed by atoms with van der Waals surface area (Å²) < 4.78 is 2.90. The van der Waals surface area contributed by atoms with Gasteiger partial charge in [0.05, 0.1) is 17.4 Å². The Balaban J connectivity index is 2.69. The summed E-state index contributed by atoms with van der Waals surface area (Å²) in [4.78, 5) is 11.0. The average Bonchev–Trinajstić information content (AvgIpc) is 2.54. The van der Waals surface area contributed by atoms with E-state index in [2.05, 4.69) is 33.0 Å². The molecule has 0 aliphatic carbocycles. The Kier molecular flexibility index (Phi) is 2.64. The zero-order valence-electron chi connectivity index (χ0n) is 8.41. The van der Waals surface area contributed by atoms with Gasteiger partial charge in [-0.3, -0.25) is 9.48 Å². The van der Waals surface area contributed by atoms with Crippen molar-refractivity contribution in [1.29, 1.82) is 0 Å². The predicted molar refractivity (Wildman–Crippen MR) is 67.7 cm³/mol. The van der Waals surface area contributed by atoms with Crippen molar-refractivity contribution in [3.63, 3.8) is 0 Å². The Labute approximate surface area is 101 Å². The van der Waals surface area contributed by atoms with Crippen LogP contribution in [0.2, 0.25) is 0 Å². The minimum atomic E-state index is -0.0706. The summed E-state index contributed by atoms with van der Waals surface area (Å²) in [5, 5.41) is 8.04. The third-order valence-corrected chi connectivity index (χ3v) is 3.10. The van der Waals surface area contributed by atoms with Crippen molar-refractivity contribution < 1.29 is 4.79 Å². The number of hydrogen-bond donors (Lipinski definition) is 1. The van der Waals surface area contributed by atoms with Crippen LogP contribution in [0.25, 0.3) is 10.9 Å². The molecule has 0 aliphatic heterocycles. The minimum Gasteiger partial charge on any atom is -0.324 e. The van der Waals surface area contributed by atoms with Crippen molar-refractivity contribution in [2.75, 3.05) is 5.32 Å². The van der Waals surface area contributed by atoms with Crippen LogP contribution in [-0.2, 0) is 11.8 Å². The molecule has 0 spiro atoms. The van der Waals surface area contributed by atoms with E-state index < -0.39 is 0 Å². The number of carbonyl (C=O) groups is 1. The fraction of sp³-hybridized carbons (Fsp3) is 0.200. The number of fused-ring (bicyclic) bond motifs is 1. The zero-order valence-corrected chi connectivity index (χ0v) is 10.6. The molecular weight excluding hydrogens is 305 g/mol. The molecule has 0 atom stereocenters. The summed E-state index contributed by atoms with van der Waals surface area (Å²) in [5.41, 5.74) is 1.76. The molecule has 0 aliphatic rings. The Morgan fingerprint density at radius 3 is 2.93 bits per heavy atom. The summed E-state index contributed by atoms with van der Waals surface area (Å²) in [6.07, 6.45) is 1.81. The van der Waals surface area contributed by atoms with Gasteiger partial charge in [-0.05, 0) is 34.7 Å². The normalized spacial score (nSPS) is 10.6. The number of rotatable bonds is 1. The number of benzene rings is 1. The lowest BCUT2D eigenvalue weighted by Crippen LogP contribution is -2.07. The molecule has 0 unspecified atom stereocenters. The first-order valence-electron chi connectivity index (χ1n) is 4.47. The van der Waals surface area contributed by atoms with E-state index in [1.807, 2.05) is 25.4 Å². The van der Waals surface area contributed by atoms with Crippen molar-refractivity contribution in [3.8, 4) is 0 Å². The van der Waals surface area contributed by atoms with Crippen molar-refractivity contribution in [3.05, 3.63) is 21.9 Å². The highest BCUT2D eigenvalue weighted by Gasteiger charge is 2.09. The Hall–Kier alpha value is -1.11. The number of hydrogen-bond acceptors (Lipinski definition) is 2. The second-order valence-corrected chi connectivity index (χ2v) is 4.47. The minimum absolute atomic E-state index is 0.0706. The Morgan fingerprint density at radius 1 is 1.53 bits per heavy atom. The highest BCUT2D eigenvalue weighted by Crippen LogP contribution is 2.27. The summed E-state index contributed by atoms with van der Waals surface area (Å²) in [5.74, 6) is -0.0706. The van der Waals surface area contributed by atoms with E-state index in [9.17, 15) is 4.79 Å². The molecule has 1 aromatic carbocycles. The third kappa shape index (κ3) is 1.83. The lowest BCUT2D eigenvalue weighted by molar-refractivity contribution is -0.114. The molecule has 78 valence electrons. The van der Waals surface area contributed by atoms with Gasteiger partial charge in [-0.15, -0.1) is 0 Å². The Morgan fingerprint density at radius 2 is 2.27 bits per heavy atom. The van der Waals surface area contributed by atoms with Crippen molar-refractivity contribution in [2.45, 2.75) is 6.92 Å². The molecule has 1 N–H and O–H groups in total. The molecule has 1 aromatic heterocycles. The maximum atomic E-state index is 11.0. The number of amides is 1. The van der Waals surface area contributed by atoms with Gasteiger partial charge in [-0.1, -0.05) is 0 Å². The van der Waals surface area contributed by atoms with E-state index in [0.717, 1.165) is 20.2 Å². The molecule has 5 heteroatoms. The number of anilines is 1. The zero-order chi connectivity index (χ0) is 11.0. The number of nitrogens with zero attached hydrogens (tertiary/aromatic N) is 2. The van der Waals surface area contributed by atoms with E-state index in [4.69, 9.17) is 0 Å². The number of halogens is 1. The van der Waals surface area contributed by atoms with Gasteiger partial charge in [-0.25, -0.2) is 0 Å². The van der Waals surface area contributed by atoms with Crippen LogP contribution < -0.4 is 5.32 Å². The van der Waals surface area contributed by atoms with Crippen LogP contribution in [-0.4, -0.2) is 15.7 Å². The van der Waals surface area contributed by atoms with E-state index in [1.165, 1.54) is 6.92 Å². The Bertz CT molecular complexity index is 533. The molecule has 0 saturated heterocycles. The number of aryl methyl sites for hydroxylation is 1. The van der Waals surface area contributed by atoms with E-state index in [-0.39, 0.29) is 5.91 Å². The number of aromatic nitrogens is 2. The van der Waals surface area contributed by atoms with Crippen LogP contribution in [0, 0.1) is 3.57 Å². The molecule has 2 rings (SSSR count). The SMILES string of the molecule is CC(=O)Nc1ccc(I)c2cnn(C)c12. The largest absolute Gasteiger partial charge is 0.324 e. The molecule has 0 saturated carbocycles. The standard InChI is InChI=1S/C10H10IN3O/c1-6(15)13-9-4-3-8(11)7-5-12-14(2)10(7)9/h3-5H,1-2H3,(H,13,15). The monoisotopic (exact) mass is 315 g/mol. The molecule has 15 heavy (non-hydrogen) atoms. The van der Waals surface area contributed by atoms with Crippen LogP contribution in [0.4, 0.5) is 5.69 Å². The van der Waals surface area contributed by atoms with E-state index in [1.54, 1.807) is 4.68 Å². The first-order valence-corrected chi connectivity index (χ1v) is 5.55. The van der Waals surface area contributed by atoms with Crippen LogP contribution in [0.5, 0.6) is 0 Å². The summed E-state index contributed by atoms with van der Waals surface area (Å²) >= 11 is 2.26. The highest BCUT2D eigenvalue weighted by molar-refractivity contribution is 14.1. The fourth-order valence-corrected chi connectivity index (χ4v) is 2.12. The van der Waals surface area contributed by atoms with Gasteiger partial charge in [0.15, 0.2) is 0 Å². The van der Waals surface area contributed by atoms with Gasteiger partial charge in [0, 0.05) is 22.9 Å². The fourth-order valence-electron chi connectivity index (χ4n) is 1.55. The molecule has 4 nitrogen and oxygen atoms in total. The first-order chi connectivity index (χ1) is 7.09. The molecule has 0 fully saturated rings. The molecule has 2 aromatic rings. The quantitative estimate of drug-likeness (QED) is 0.820. The summed E-state index contributed by atoms with van der Waals surface area (Å²) in [6, 6.07) is 3.86. The predicted octanol–water partition coefficient (Wildman–Crippen LogP) is 2.14. The van der Waals surface area contributed by atoms with Crippen molar-refractivity contribution in [1.82, 2.24) is 9.78 Å². The van der Waals surface area contributed by atoms with Crippen LogP contribution in [0.15, 0.2) is 18.3 Å². The topological polar surface area (TPSA) is 46.9 Å². The number of carbonyl (C=O) groups excluding carboxylic acids is 1. The smallest absolute Gasteiger partial charge is 0.221 e. The first kappa shape index (κ1) is 10.4. The van der Waals surface area contributed by atoms with Crippen LogP contribution in [0.3, 0.4) is 0 Å². The van der Waals surface area contributed by atoms with E-state index in [0.29, 0.717) is 0 Å². The summed E-state index contributed by atoms with van der Waals surface area (Å²) in [7, 11) is 1.86. The molecule has 0 bridgehead atoms. The van der Waals surface area contributed by atoms with Gasteiger partial charge < -0.3 is 5.32 Å². The second kappa shape index (κ2) is 3.80. The lowest BCUT2D eigenvalue weighted by atomic mass is 10.2. The van der Waals surface area contributed by atoms with Gasteiger partial charge in [0.25, 0.3) is 0 Å². The summed E-state index contributed by atoms with van der Waals surface area (Å²) in [6.45, 7) is 1.50. The van der Waals surface area contributed by atoms with E-state index >= 15 is 0 Å². The molecule has 1 amide bonds. The maximum absolute atomic E-state index is 11.0. The van der Waals surface area contributed by atoms with Crippen molar-refractivity contribution in [2.24, 2.45) is 7.05 Å².